The van der Waals surface area contributed by atoms with Crippen molar-refractivity contribution in [2.24, 2.45) is 5.73 Å². The van der Waals surface area contributed by atoms with E-state index in [4.69, 9.17) is 10.5 Å². The maximum atomic E-state index is 6.23. The minimum Gasteiger partial charge on any atom is -0.493 e. The lowest BCUT2D eigenvalue weighted by molar-refractivity contribution is 0.227. The average molecular weight is 191 g/mol. The minimum absolute atomic E-state index is 0.223. The Morgan fingerprint density at radius 3 is 3.00 bits per heavy atom. The fourth-order valence-electron chi connectivity index (χ4n) is 1.88. The van der Waals surface area contributed by atoms with E-state index in [0.717, 1.165) is 30.8 Å². The summed E-state index contributed by atoms with van der Waals surface area (Å²) in [6.07, 6.45) is 1.94. The van der Waals surface area contributed by atoms with Gasteiger partial charge in [0.15, 0.2) is 0 Å². The summed E-state index contributed by atoms with van der Waals surface area (Å²) in [4.78, 5) is 0. The van der Waals surface area contributed by atoms with Crippen molar-refractivity contribution < 1.29 is 4.74 Å². The van der Waals surface area contributed by atoms with Crippen molar-refractivity contribution in [3.8, 4) is 5.75 Å². The monoisotopic (exact) mass is 191 g/mol. The van der Waals surface area contributed by atoms with Crippen LogP contribution >= 0.6 is 0 Å². The van der Waals surface area contributed by atoms with Crippen LogP contribution < -0.4 is 10.5 Å². The smallest absolute Gasteiger partial charge is 0.124 e. The second-order valence-electron chi connectivity index (χ2n) is 4.20. The van der Waals surface area contributed by atoms with Crippen molar-refractivity contribution in [3.63, 3.8) is 0 Å². The Hall–Kier alpha value is -1.02. The molecular weight excluding hydrogens is 174 g/mol. The lowest BCUT2D eigenvalue weighted by atomic mass is 9.86. The molecule has 0 bridgehead atoms. The van der Waals surface area contributed by atoms with Gasteiger partial charge in [-0.15, -0.1) is 0 Å². The molecule has 2 N–H and O–H groups in total. The van der Waals surface area contributed by atoms with Gasteiger partial charge < -0.3 is 10.5 Å². The molecule has 1 aliphatic heterocycles. The number of hydrogen-bond acceptors (Lipinski definition) is 2. The van der Waals surface area contributed by atoms with E-state index in [-0.39, 0.29) is 5.54 Å². The predicted molar refractivity (Wildman–Crippen MR) is 57.5 cm³/mol. The Balaban J connectivity index is 2.49. The van der Waals surface area contributed by atoms with Gasteiger partial charge in [-0.3, -0.25) is 0 Å². The molecule has 2 nitrogen and oxygen atoms in total. The largest absolute Gasteiger partial charge is 0.493 e. The zero-order valence-electron chi connectivity index (χ0n) is 8.84. The van der Waals surface area contributed by atoms with Crippen LogP contribution in [0.1, 0.15) is 31.4 Å². The summed E-state index contributed by atoms with van der Waals surface area (Å²) in [5, 5.41) is 0. The highest BCUT2D eigenvalue weighted by Crippen LogP contribution is 2.35. The van der Waals surface area contributed by atoms with E-state index in [2.05, 4.69) is 26.0 Å². The summed E-state index contributed by atoms with van der Waals surface area (Å²) in [5.74, 6) is 0.957. The second kappa shape index (κ2) is 3.28. The van der Waals surface area contributed by atoms with Crippen LogP contribution in [-0.2, 0) is 12.0 Å². The fraction of sp³-hybridized carbons (Fsp3) is 0.500. The first kappa shape index (κ1) is 9.53. The van der Waals surface area contributed by atoms with Crippen molar-refractivity contribution in [1.29, 1.82) is 0 Å². The summed E-state index contributed by atoms with van der Waals surface area (Å²) in [5.41, 5.74) is 8.49. The van der Waals surface area contributed by atoms with Crippen molar-refractivity contribution >= 4 is 0 Å². The summed E-state index contributed by atoms with van der Waals surface area (Å²) in [6, 6.07) is 6.33. The molecule has 0 amide bonds. The van der Waals surface area contributed by atoms with Gasteiger partial charge in [0.25, 0.3) is 0 Å². The minimum atomic E-state index is -0.223. The highest BCUT2D eigenvalue weighted by Gasteiger charge is 2.29. The maximum absolute atomic E-state index is 6.23. The Bertz CT molecular complexity index is 344. The fourth-order valence-corrected chi connectivity index (χ4v) is 1.88. The van der Waals surface area contributed by atoms with Crippen molar-refractivity contribution in [2.75, 3.05) is 6.61 Å². The van der Waals surface area contributed by atoms with Gasteiger partial charge in [-0.1, -0.05) is 19.1 Å². The average Bonchev–Trinajstić information content (AvgIpc) is 2.17. The first-order chi connectivity index (χ1) is 6.63. The van der Waals surface area contributed by atoms with Crippen LogP contribution in [0.2, 0.25) is 0 Å². The molecule has 1 atom stereocenters. The molecule has 0 saturated carbocycles. The molecule has 1 aromatic rings. The van der Waals surface area contributed by atoms with E-state index in [1.807, 2.05) is 6.07 Å². The first-order valence-electron chi connectivity index (χ1n) is 5.18. The third-order valence-corrected chi connectivity index (χ3v) is 2.95. The molecule has 1 aromatic carbocycles. The molecule has 0 aromatic heterocycles. The van der Waals surface area contributed by atoms with E-state index < -0.39 is 0 Å². The summed E-state index contributed by atoms with van der Waals surface area (Å²) in [6.45, 7) is 4.96. The third-order valence-electron chi connectivity index (χ3n) is 2.95. The third kappa shape index (κ3) is 1.50. The van der Waals surface area contributed by atoms with Crippen LogP contribution in [-0.4, -0.2) is 6.61 Å². The summed E-state index contributed by atoms with van der Waals surface area (Å²) >= 11 is 0. The molecule has 0 saturated heterocycles. The van der Waals surface area contributed by atoms with Crippen LogP contribution in [0.5, 0.6) is 5.75 Å². The summed E-state index contributed by atoms with van der Waals surface area (Å²) in [7, 11) is 0. The second-order valence-corrected chi connectivity index (χ2v) is 4.20. The van der Waals surface area contributed by atoms with Crippen LogP contribution in [0.25, 0.3) is 0 Å². The number of benzene rings is 1. The van der Waals surface area contributed by atoms with Crippen LogP contribution in [0.4, 0.5) is 0 Å². The summed E-state index contributed by atoms with van der Waals surface area (Å²) < 4.78 is 5.58. The Morgan fingerprint density at radius 2 is 2.29 bits per heavy atom. The molecule has 0 fully saturated rings. The van der Waals surface area contributed by atoms with Crippen molar-refractivity contribution in [1.82, 2.24) is 0 Å². The van der Waals surface area contributed by atoms with Gasteiger partial charge in [-0.05, 0) is 25.0 Å². The number of ether oxygens (including phenoxy) is 1. The van der Waals surface area contributed by atoms with Gasteiger partial charge in [0.2, 0.25) is 0 Å². The molecular formula is C12H17NO. The Labute approximate surface area is 85.1 Å². The van der Waals surface area contributed by atoms with Gasteiger partial charge in [0, 0.05) is 17.5 Å². The van der Waals surface area contributed by atoms with E-state index in [9.17, 15) is 0 Å². The highest BCUT2D eigenvalue weighted by molar-refractivity contribution is 5.43. The number of fused-ring (bicyclic) bond motifs is 1. The van der Waals surface area contributed by atoms with E-state index in [0.29, 0.717) is 0 Å². The maximum Gasteiger partial charge on any atom is 0.124 e. The molecule has 76 valence electrons. The molecule has 14 heavy (non-hydrogen) atoms. The van der Waals surface area contributed by atoms with E-state index in [1.54, 1.807) is 0 Å². The standard InChI is InChI=1S/C12H17NO/c1-3-9-4-5-11-10(8-9)12(2,13)6-7-14-11/h4-5,8H,3,6-7,13H2,1-2H3. The van der Waals surface area contributed by atoms with Crippen molar-refractivity contribution in [2.45, 2.75) is 32.2 Å². The molecule has 1 unspecified atom stereocenters. The topological polar surface area (TPSA) is 35.2 Å². The highest BCUT2D eigenvalue weighted by atomic mass is 16.5. The van der Waals surface area contributed by atoms with E-state index in [1.165, 1.54) is 5.56 Å². The quantitative estimate of drug-likeness (QED) is 0.738. The van der Waals surface area contributed by atoms with Gasteiger partial charge in [0.05, 0.1) is 6.61 Å². The van der Waals surface area contributed by atoms with Gasteiger partial charge in [-0.25, -0.2) is 0 Å². The van der Waals surface area contributed by atoms with Gasteiger partial charge in [-0.2, -0.15) is 0 Å². The Morgan fingerprint density at radius 1 is 1.50 bits per heavy atom. The first-order valence-corrected chi connectivity index (χ1v) is 5.18. The molecule has 0 spiro atoms. The molecule has 1 heterocycles. The number of hydrogen-bond donors (Lipinski definition) is 1. The normalized spacial score (nSPS) is 25.4. The van der Waals surface area contributed by atoms with Crippen LogP contribution in [0.3, 0.4) is 0 Å². The predicted octanol–water partition coefficient (Wildman–Crippen LogP) is 2.21. The zero-order chi connectivity index (χ0) is 10.2. The van der Waals surface area contributed by atoms with Crippen LogP contribution in [0, 0.1) is 0 Å². The molecule has 2 heteroatoms. The van der Waals surface area contributed by atoms with Gasteiger partial charge in [0.1, 0.15) is 5.75 Å². The van der Waals surface area contributed by atoms with Gasteiger partial charge >= 0.3 is 0 Å². The lowest BCUT2D eigenvalue weighted by Crippen LogP contribution is -2.38. The van der Waals surface area contributed by atoms with Crippen LogP contribution in [0.15, 0.2) is 18.2 Å². The zero-order valence-corrected chi connectivity index (χ0v) is 8.84. The molecule has 1 aliphatic rings. The molecule has 0 radical (unpaired) electrons. The lowest BCUT2D eigenvalue weighted by Gasteiger charge is -2.32. The molecule has 0 aliphatic carbocycles. The number of nitrogens with two attached hydrogens (primary N) is 1. The Kier molecular flexibility index (Phi) is 2.23. The van der Waals surface area contributed by atoms with Crippen molar-refractivity contribution in [3.05, 3.63) is 29.3 Å². The number of rotatable bonds is 1. The van der Waals surface area contributed by atoms with E-state index >= 15 is 0 Å². The molecule has 2 rings (SSSR count). The number of aryl methyl sites for hydroxylation is 1. The SMILES string of the molecule is CCc1ccc2c(c1)C(C)(N)CCO2.